The smallest absolute Gasteiger partial charge is 0.227 e. The molecular weight excluding hydrogens is 362 g/mol. The summed E-state index contributed by atoms with van der Waals surface area (Å²) >= 11 is 0. The summed E-state index contributed by atoms with van der Waals surface area (Å²) in [6.45, 7) is 6.49. The number of methoxy groups -OCH3 is 1. The Hall–Kier alpha value is -3.28. The fourth-order valence-electron chi connectivity index (χ4n) is 3.52. The first-order valence-corrected chi connectivity index (χ1v) is 9.99. The average Bonchev–Trinajstić information content (AvgIpc) is 2.78. The van der Waals surface area contributed by atoms with E-state index in [0.29, 0.717) is 6.54 Å². The number of hydrogen-bond acceptors (Lipinski definition) is 6. The van der Waals surface area contributed by atoms with Crippen molar-refractivity contribution in [2.24, 2.45) is 0 Å². The van der Waals surface area contributed by atoms with Crippen molar-refractivity contribution in [3.63, 3.8) is 0 Å². The Morgan fingerprint density at radius 3 is 2.28 bits per heavy atom. The van der Waals surface area contributed by atoms with Crippen molar-refractivity contribution < 1.29 is 4.74 Å². The molecule has 1 aliphatic heterocycles. The monoisotopic (exact) mass is 389 g/mol. The number of ether oxygens (including phenoxy) is 1. The average molecular weight is 390 g/mol. The summed E-state index contributed by atoms with van der Waals surface area (Å²) in [5.74, 6) is 2.52. The molecular formula is C23H27N5O. The van der Waals surface area contributed by atoms with E-state index in [9.17, 15) is 0 Å². The molecule has 1 aromatic heterocycles. The van der Waals surface area contributed by atoms with Crippen molar-refractivity contribution in [3.05, 3.63) is 71.9 Å². The van der Waals surface area contributed by atoms with Gasteiger partial charge >= 0.3 is 0 Å². The van der Waals surface area contributed by atoms with Crippen LogP contribution >= 0.6 is 0 Å². The number of piperazine rings is 1. The molecule has 0 radical (unpaired) electrons. The Labute approximate surface area is 172 Å². The standard InChI is InChI=1S/C23H27N5O/c1-18-16-22(24-17-19-8-10-21(29-2)11-9-19)26-23(25-18)28-14-12-27(13-15-28)20-6-4-3-5-7-20/h3-11,16H,12-15,17H2,1-2H3,(H,24,25,26). The molecule has 1 fully saturated rings. The van der Waals surface area contributed by atoms with E-state index in [-0.39, 0.29) is 0 Å². The maximum Gasteiger partial charge on any atom is 0.227 e. The van der Waals surface area contributed by atoms with E-state index in [4.69, 9.17) is 9.72 Å². The van der Waals surface area contributed by atoms with Crippen LogP contribution in [0.15, 0.2) is 60.7 Å². The maximum absolute atomic E-state index is 5.22. The van der Waals surface area contributed by atoms with E-state index in [2.05, 4.69) is 62.6 Å². The molecule has 2 aromatic carbocycles. The van der Waals surface area contributed by atoms with Crippen molar-refractivity contribution in [1.82, 2.24) is 9.97 Å². The molecule has 1 N–H and O–H groups in total. The largest absolute Gasteiger partial charge is 0.497 e. The van der Waals surface area contributed by atoms with Gasteiger partial charge in [-0.3, -0.25) is 0 Å². The molecule has 1 saturated heterocycles. The lowest BCUT2D eigenvalue weighted by molar-refractivity contribution is 0.414. The van der Waals surface area contributed by atoms with Crippen LogP contribution in [0.5, 0.6) is 5.75 Å². The van der Waals surface area contributed by atoms with Crippen LogP contribution < -0.4 is 19.9 Å². The molecule has 6 nitrogen and oxygen atoms in total. The lowest BCUT2D eigenvalue weighted by atomic mass is 10.2. The number of aromatic nitrogens is 2. The second-order valence-corrected chi connectivity index (χ2v) is 7.21. The van der Waals surface area contributed by atoms with E-state index in [1.54, 1.807) is 7.11 Å². The summed E-state index contributed by atoms with van der Waals surface area (Å²) in [4.78, 5) is 14.1. The van der Waals surface area contributed by atoms with Crippen LogP contribution in [0.25, 0.3) is 0 Å². The van der Waals surface area contributed by atoms with Crippen LogP contribution in [0.4, 0.5) is 17.5 Å². The van der Waals surface area contributed by atoms with Gasteiger partial charge in [0.1, 0.15) is 11.6 Å². The van der Waals surface area contributed by atoms with Gasteiger partial charge in [-0.1, -0.05) is 30.3 Å². The number of rotatable bonds is 6. The van der Waals surface area contributed by atoms with Crippen molar-refractivity contribution in [3.8, 4) is 5.75 Å². The number of hydrogen-bond donors (Lipinski definition) is 1. The van der Waals surface area contributed by atoms with E-state index < -0.39 is 0 Å². The highest BCUT2D eigenvalue weighted by Gasteiger charge is 2.19. The predicted octanol–water partition coefficient (Wildman–Crippen LogP) is 3.73. The Morgan fingerprint density at radius 2 is 1.59 bits per heavy atom. The zero-order valence-electron chi connectivity index (χ0n) is 17.0. The highest BCUT2D eigenvalue weighted by atomic mass is 16.5. The molecule has 29 heavy (non-hydrogen) atoms. The third-order valence-corrected chi connectivity index (χ3v) is 5.16. The molecule has 4 rings (SSSR count). The first-order valence-electron chi connectivity index (χ1n) is 9.99. The Morgan fingerprint density at radius 1 is 0.897 bits per heavy atom. The van der Waals surface area contributed by atoms with Gasteiger partial charge in [0.25, 0.3) is 0 Å². The fourth-order valence-corrected chi connectivity index (χ4v) is 3.52. The summed E-state index contributed by atoms with van der Waals surface area (Å²) in [7, 11) is 1.68. The third kappa shape index (κ3) is 4.77. The zero-order chi connectivity index (χ0) is 20.1. The van der Waals surface area contributed by atoms with Gasteiger partial charge in [0.15, 0.2) is 0 Å². The summed E-state index contributed by atoms with van der Waals surface area (Å²) in [5.41, 5.74) is 3.43. The van der Waals surface area contributed by atoms with Gasteiger partial charge in [-0.25, -0.2) is 4.98 Å². The molecule has 2 heterocycles. The normalized spacial score (nSPS) is 14.0. The molecule has 0 amide bonds. The van der Waals surface area contributed by atoms with Gasteiger partial charge in [-0.15, -0.1) is 0 Å². The lowest BCUT2D eigenvalue weighted by Crippen LogP contribution is -2.47. The number of para-hydroxylation sites is 1. The second kappa shape index (κ2) is 8.82. The molecule has 150 valence electrons. The summed E-state index contributed by atoms with van der Waals surface area (Å²) < 4.78 is 5.22. The minimum atomic E-state index is 0.710. The SMILES string of the molecule is COc1ccc(CNc2cc(C)nc(N3CCN(c4ccccc4)CC3)n2)cc1. The van der Waals surface area contributed by atoms with Crippen LogP contribution in [0.3, 0.4) is 0 Å². The fraction of sp³-hybridized carbons (Fsp3) is 0.304. The predicted molar refractivity (Wildman–Crippen MR) is 118 cm³/mol. The van der Waals surface area contributed by atoms with Gasteiger partial charge in [0.05, 0.1) is 7.11 Å². The molecule has 0 unspecified atom stereocenters. The lowest BCUT2D eigenvalue weighted by Gasteiger charge is -2.36. The van der Waals surface area contributed by atoms with E-state index >= 15 is 0 Å². The molecule has 0 atom stereocenters. The van der Waals surface area contributed by atoms with Gasteiger partial charge in [0.2, 0.25) is 5.95 Å². The van der Waals surface area contributed by atoms with Gasteiger partial charge < -0.3 is 19.9 Å². The summed E-state index contributed by atoms with van der Waals surface area (Å²) in [6, 6.07) is 20.6. The molecule has 0 spiro atoms. The zero-order valence-corrected chi connectivity index (χ0v) is 17.0. The number of aryl methyl sites for hydroxylation is 1. The third-order valence-electron chi connectivity index (χ3n) is 5.16. The number of nitrogens with one attached hydrogen (secondary N) is 1. The quantitative estimate of drug-likeness (QED) is 0.693. The molecule has 0 aliphatic carbocycles. The molecule has 6 heteroatoms. The molecule has 1 aliphatic rings. The van der Waals surface area contributed by atoms with Crippen molar-refractivity contribution in [2.45, 2.75) is 13.5 Å². The molecule has 0 saturated carbocycles. The number of anilines is 3. The summed E-state index contributed by atoms with van der Waals surface area (Å²) in [6.07, 6.45) is 0. The van der Waals surface area contributed by atoms with E-state index in [0.717, 1.165) is 49.4 Å². The first kappa shape index (κ1) is 19.1. The van der Waals surface area contributed by atoms with Crippen LogP contribution in [-0.4, -0.2) is 43.3 Å². The first-order chi connectivity index (χ1) is 14.2. The van der Waals surface area contributed by atoms with Crippen LogP contribution in [-0.2, 0) is 6.54 Å². The number of nitrogens with zero attached hydrogens (tertiary/aromatic N) is 4. The Kier molecular flexibility index (Phi) is 5.79. The summed E-state index contributed by atoms with van der Waals surface area (Å²) in [5, 5.41) is 3.42. The Balaban J connectivity index is 1.39. The highest BCUT2D eigenvalue weighted by molar-refractivity contribution is 5.49. The topological polar surface area (TPSA) is 53.5 Å². The Bertz CT molecular complexity index is 922. The van der Waals surface area contributed by atoms with E-state index in [1.807, 2.05) is 25.1 Å². The van der Waals surface area contributed by atoms with Crippen molar-refractivity contribution >= 4 is 17.5 Å². The van der Waals surface area contributed by atoms with Gasteiger partial charge in [-0.05, 0) is 36.8 Å². The van der Waals surface area contributed by atoms with Crippen molar-refractivity contribution in [1.29, 1.82) is 0 Å². The highest BCUT2D eigenvalue weighted by Crippen LogP contribution is 2.20. The van der Waals surface area contributed by atoms with Crippen LogP contribution in [0, 0.1) is 6.92 Å². The van der Waals surface area contributed by atoms with Crippen LogP contribution in [0.2, 0.25) is 0 Å². The van der Waals surface area contributed by atoms with E-state index in [1.165, 1.54) is 11.3 Å². The molecule has 0 bridgehead atoms. The number of benzene rings is 2. The minimum absolute atomic E-state index is 0.710. The van der Waals surface area contributed by atoms with Gasteiger partial charge in [-0.2, -0.15) is 4.98 Å². The second-order valence-electron chi connectivity index (χ2n) is 7.21. The van der Waals surface area contributed by atoms with Crippen molar-refractivity contribution in [2.75, 3.05) is 48.4 Å². The molecule has 3 aromatic rings. The van der Waals surface area contributed by atoms with Crippen LogP contribution in [0.1, 0.15) is 11.3 Å². The maximum atomic E-state index is 5.22. The van der Waals surface area contributed by atoms with Gasteiger partial charge in [0, 0.05) is 50.2 Å². The minimum Gasteiger partial charge on any atom is -0.497 e.